The maximum Gasteiger partial charge on any atom is 0.352 e. The number of esters is 1. The molecule has 0 spiro atoms. The van der Waals surface area contributed by atoms with E-state index in [0.717, 1.165) is 29.0 Å². The Kier molecular flexibility index (Phi) is 6.86. The minimum Gasteiger partial charge on any atom is -0.369 e. The molecule has 0 fully saturated rings. The van der Waals surface area contributed by atoms with E-state index >= 15 is 0 Å². The quantitative estimate of drug-likeness (QED) is 0.422. The Morgan fingerprint density at radius 2 is 1.74 bits per heavy atom. The lowest BCUT2D eigenvalue weighted by atomic mass is 9.78. The van der Waals surface area contributed by atoms with Crippen LogP contribution in [0.25, 0.3) is 11.1 Å². The maximum atomic E-state index is 12.0. The van der Waals surface area contributed by atoms with Gasteiger partial charge in [-0.2, -0.15) is 0 Å². The molecule has 142 valence electrons. The predicted octanol–water partition coefficient (Wildman–Crippen LogP) is 6.38. The Morgan fingerprint density at radius 3 is 2.30 bits per heavy atom. The molecule has 0 N–H and O–H groups in total. The fourth-order valence-corrected chi connectivity index (χ4v) is 3.28. The van der Waals surface area contributed by atoms with Crippen molar-refractivity contribution in [1.82, 2.24) is 0 Å². The molecule has 0 saturated heterocycles. The zero-order chi connectivity index (χ0) is 20.0. The lowest BCUT2D eigenvalue weighted by Gasteiger charge is -2.26. The molecule has 0 atom stereocenters. The second kappa shape index (κ2) is 8.91. The third kappa shape index (κ3) is 5.23. The molecule has 0 aliphatic heterocycles. The first kappa shape index (κ1) is 20.8. The summed E-state index contributed by atoms with van der Waals surface area (Å²) in [7, 11) is 0. The number of benzene rings is 2. The molecule has 0 heterocycles. The standard InChI is InChI=1S/C25H30O2/c1-7-19-17-21(11-14-23(19)24(26)27-8-2)20-9-12-22(13-10-20)25(5,6)16-15-18(3)4/h2,9-14,17-18H,7,15-16H2,1,3-6H3. The predicted molar refractivity (Wildman–Crippen MR) is 113 cm³/mol. The van der Waals surface area contributed by atoms with Crippen LogP contribution in [-0.4, -0.2) is 5.97 Å². The van der Waals surface area contributed by atoms with Crippen molar-refractivity contribution in [2.45, 2.75) is 59.3 Å². The third-order valence-electron chi connectivity index (χ3n) is 5.20. The summed E-state index contributed by atoms with van der Waals surface area (Å²) >= 11 is 0. The lowest BCUT2D eigenvalue weighted by Crippen LogP contribution is -2.17. The molecule has 0 bridgehead atoms. The van der Waals surface area contributed by atoms with Gasteiger partial charge in [0.1, 0.15) is 6.11 Å². The molecule has 0 aliphatic carbocycles. The van der Waals surface area contributed by atoms with Crippen LogP contribution in [0.15, 0.2) is 42.5 Å². The Hall–Kier alpha value is -2.53. The molecule has 2 rings (SSSR count). The summed E-state index contributed by atoms with van der Waals surface area (Å²) in [6, 6.07) is 14.6. The Labute approximate surface area is 164 Å². The number of carbonyl (C=O) groups is 1. The van der Waals surface area contributed by atoms with Crippen molar-refractivity contribution in [3.63, 3.8) is 0 Å². The van der Waals surface area contributed by atoms with Gasteiger partial charge in [-0.3, -0.25) is 0 Å². The van der Waals surface area contributed by atoms with Gasteiger partial charge in [0.15, 0.2) is 0 Å². The van der Waals surface area contributed by atoms with Crippen molar-refractivity contribution in [1.29, 1.82) is 0 Å². The fraction of sp³-hybridized carbons (Fsp3) is 0.400. The molecule has 0 unspecified atom stereocenters. The minimum atomic E-state index is -0.469. The molecule has 27 heavy (non-hydrogen) atoms. The molecule has 0 saturated carbocycles. The second-order valence-corrected chi connectivity index (χ2v) is 8.13. The number of carbonyl (C=O) groups excluding carboxylic acids is 1. The first-order valence-corrected chi connectivity index (χ1v) is 9.69. The summed E-state index contributed by atoms with van der Waals surface area (Å²) in [5.41, 5.74) is 5.23. The molecule has 2 nitrogen and oxygen atoms in total. The van der Waals surface area contributed by atoms with E-state index in [1.807, 2.05) is 25.2 Å². The molecular weight excluding hydrogens is 332 g/mol. The highest BCUT2D eigenvalue weighted by Gasteiger charge is 2.21. The summed E-state index contributed by atoms with van der Waals surface area (Å²) in [5, 5.41) is 0. The SMILES string of the molecule is C#COC(=O)c1ccc(-c2ccc(C(C)(C)CCC(C)C)cc2)cc1CC. The van der Waals surface area contributed by atoms with Crippen molar-refractivity contribution in [3.05, 3.63) is 59.2 Å². The van der Waals surface area contributed by atoms with Crippen LogP contribution in [0.2, 0.25) is 0 Å². The largest absolute Gasteiger partial charge is 0.369 e. The van der Waals surface area contributed by atoms with E-state index in [9.17, 15) is 4.79 Å². The summed E-state index contributed by atoms with van der Waals surface area (Å²) in [6.45, 7) is 11.2. The highest BCUT2D eigenvalue weighted by atomic mass is 16.5. The molecular formula is C25H30O2. The van der Waals surface area contributed by atoms with Crippen LogP contribution in [0, 0.1) is 18.4 Å². The molecule has 0 amide bonds. The van der Waals surface area contributed by atoms with Gasteiger partial charge < -0.3 is 4.74 Å². The lowest BCUT2D eigenvalue weighted by molar-refractivity contribution is 0.0690. The van der Waals surface area contributed by atoms with E-state index < -0.39 is 5.97 Å². The average Bonchev–Trinajstić information content (AvgIpc) is 2.66. The first-order valence-electron chi connectivity index (χ1n) is 9.69. The third-order valence-corrected chi connectivity index (χ3v) is 5.20. The van der Waals surface area contributed by atoms with E-state index in [0.29, 0.717) is 5.56 Å². The van der Waals surface area contributed by atoms with Crippen molar-refractivity contribution in [2.24, 2.45) is 5.92 Å². The van der Waals surface area contributed by atoms with Crippen LogP contribution in [0.4, 0.5) is 0 Å². The van der Waals surface area contributed by atoms with E-state index in [4.69, 9.17) is 11.2 Å². The molecule has 0 aliphatic rings. The van der Waals surface area contributed by atoms with Gasteiger partial charge in [0.2, 0.25) is 0 Å². The minimum absolute atomic E-state index is 0.167. The van der Waals surface area contributed by atoms with Gasteiger partial charge in [-0.15, -0.1) is 0 Å². The fourth-order valence-electron chi connectivity index (χ4n) is 3.28. The van der Waals surface area contributed by atoms with Crippen LogP contribution >= 0.6 is 0 Å². The highest BCUT2D eigenvalue weighted by Crippen LogP contribution is 2.32. The maximum absolute atomic E-state index is 12.0. The zero-order valence-electron chi connectivity index (χ0n) is 17.1. The smallest absolute Gasteiger partial charge is 0.352 e. The number of hydrogen-bond donors (Lipinski definition) is 0. The summed E-state index contributed by atoms with van der Waals surface area (Å²) in [4.78, 5) is 12.0. The van der Waals surface area contributed by atoms with Crippen molar-refractivity contribution in [3.8, 4) is 23.7 Å². The van der Waals surface area contributed by atoms with Gasteiger partial charge in [-0.25, -0.2) is 4.79 Å². The number of aryl methyl sites for hydroxylation is 1. The van der Waals surface area contributed by atoms with Gasteiger partial charge in [0.05, 0.1) is 5.56 Å². The molecule has 2 aromatic rings. The molecule has 0 radical (unpaired) electrons. The topological polar surface area (TPSA) is 26.3 Å². The van der Waals surface area contributed by atoms with E-state index in [1.165, 1.54) is 18.4 Å². The summed E-state index contributed by atoms with van der Waals surface area (Å²) in [5.74, 6) is 0.249. The average molecular weight is 363 g/mol. The van der Waals surface area contributed by atoms with Crippen LogP contribution in [0.1, 0.15) is 68.9 Å². The number of hydrogen-bond acceptors (Lipinski definition) is 2. The van der Waals surface area contributed by atoms with Gasteiger partial charge in [-0.05, 0) is 52.5 Å². The van der Waals surface area contributed by atoms with Crippen LogP contribution < -0.4 is 0 Å². The Morgan fingerprint density at radius 1 is 1.11 bits per heavy atom. The van der Waals surface area contributed by atoms with E-state index in [1.54, 1.807) is 6.07 Å². The number of ether oxygens (including phenoxy) is 1. The first-order chi connectivity index (χ1) is 12.8. The van der Waals surface area contributed by atoms with Crippen molar-refractivity contribution < 1.29 is 9.53 Å². The number of terminal acetylenes is 1. The van der Waals surface area contributed by atoms with Crippen molar-refractivity contribution in [2.75, 3.05) is 0 Å². The Bertz CT molecular complexity index is 820. The normalized spacial score (nSPS) is 11.3. The number of rotatable bonds is 7. The van der Waals surface area contributed by atoms with Gasteiger partial charge in [-0.1, -0.05) is 83.9 Å². The van der Waals surface area contributed by atoms with Crippen molar-refractivity contribution >= 4 is 5.97 Å². The van der Waals surface area contributed by atoms with Crippen LogP contribution in [-0.2, 0) is 16.6 Å². The summed E-state index contributed by atoms with van der Waals surface area (Å²) < 4.78 is 4.70. The molecule has 2 heteroatoms. The molecule has 2 aromatic carbocycles. The van der Waals surface area contributed by atoms with Gasteiger partial charge >= 0.3 is 5.97 Å². The van der Waals surface area contributed by atoms with E-state index in [2.05, 4.69) is 52.0 Å². The van der Waals surface area contributed by atoms with Crippen LogP contribution in [0.3, 0.4) is 0 Å². The van der Waals surface area contributed by atoms with E-state index in [-0.39, 0.29) is 5.41 Å². The zero-order valence-corrected chi connectivity index (χ0v) is 17.1. The summed E-state index contributed by atoms with van der Waals surface area (Å²) in [6.07, 6.45) is 10.2. The van der Waals surface area contributed by atoms with Gasteiger partial charge in [0.25, 0.3) is 0 Å². The Balaban J connectivity index is 2.26. The van der Waals surface area contributed by atoms with Gasteiger partial charge in [0, 0.05) is 0 Å². The molecule has 0 aromatic heterocycles. The second-order valence-electron chi connectivity index (χ2n) is 8.13. The monoisotopic (exact) mass is 362 g/mol. The van der Waals surface area contributed by atoms with Crippen LogP contribution in [0.5, 0.6) is 0 Å². The highest BCUT2D eigenvalue weighted by molar-refractivity contribution is 5.92.